The van der Waals surface area contributed by atoms with Crippen molar-refractivity contribution in [1.82, 2.24) is 4.90 Å². The van der Waals surface area contributed by atoms with E-state index in [2.05, 4.69) is 6.07 Å². The van der Waals surface area contributed by atoms with Crippen LogP contribution in [0.3, 0.4) is 0 Å². The van der Waals surface area contributed by atoms with Crippen LogP contribution < -0.4 is 0 Å². The average Bonchev–Trinajstić information content (AvgIpc) is 2.47. The number of nitrogens with zero attached hydrogens (tertiary/aromatic N) is 2. The van der Waals surface area contributed by atoms with E-state index in [0.717, 1.165) is 24.2 Å². The van der Waals surface area contributed by atoms with E-state index in [-0.39, 0.29) is 11.2 Å². The maximum Gasteiger partial charge on any atom is 0.235 e. The predicted molar refractivity (Wildman–Crippen MR) is 77.7 cm³/mol. The van der Waals surface area contributed by atoms with Crippen LogP contribution >= 0.6 is 11.8 Å². The second kappa shape index (κ2) is 6.63. The molecule has 1 aromatic rings. The minimum atomic E-state index is 0.123. The summed E-state index contributed by atoms with van der Waals surface area (Å²) < 4.78 is 0. The minimum absolute atomic E-state index is 0.123. The normalized spacial score (nSPS) is 18.6. The van der Waals surface area contributed by atoms with E-state index in [1.54, 1.807) is 22.7 Å². The van der Waals surface area contributed by atoms with Gasteiger partial charge in [-0.3, -0.25) is 4.79 Å². The molecule has 4 heteroatoms. The highest BCUT2D eigenvalue weighted by Gasteiger charge is 2.24. The molecule has 0 saturated carbocycles. The van der Waals surface area contributed by atoms with Crippen LogP contribution in [0.1, 0.15) is 30.4 Å². The van der Waals surface area contributed by atoms with Gasteiger partial charge >= 0.3 is 0 Å². The predicted octanol–water partition coefficient (Wildman–Crippen LogP) is 2.80. The van der Waals surface area contributed by atoms with Crippen molar-refractivity contribution in [1.29, 1.82) is 5.26 Å². The molecule has 0 spiro atoms. The molecule has 1 amide bonds. The molecular weight excluding hydrogens is 256 g/mol. The van der Waals surface area contributed by atoms with Gasteiger partial charge in [0.15, 0.2) is 0 Å². The number of nitriles is 1. The summed E-state index contributed by atoms with van der Waals surface area (Å²) in [5.41, 5.74) is 1.65. The monoisotopic (exact) mass is 274 g/mol. The zero-order valence-corrected chi connectivity index (χ0v) is 11.9. The SMILES string of the molecule is CN(Cc1cccc(C#N)c1)C(=O)C1CCCCS1. The standard InChI is InChI=1S/C15H18N2OS/c1-17(15(18)14-7-2-3-8-19-14)11-13-6-4-5-12(9-13)10-16/h4-6,9,14H,2-3,7-8,11H2,1H3. The molecule has 1 fully saturated rings. The fourth-order valence-electron chi connectivity index (χ4n) is 2.27. The first-order valence-electron chi connectivity index (χ1n) is 6.56. The fourth-order valence-corrected chi connectivity index (χ4v) is 3.58. The van der Waals surface area contributed by atoms with Gasteiger partial charge in [-0.1, -0.05) is 18.6 Å². The summed E-state index contributed by atoms with van der Waals surface area (Å²) in [5, 5.41) is 9.00. The number of carbonyl (C=O) groups is 1. The number of carbonyl (C=O) groups excluding carboxylic acids is 1. The number of hydrogen-bond acceptors (Lipinski definition) is 3. The van der Waals surface area contributed by atoms with Crippen LogP contribution in [0.25, 0.3) is 0 Å². The van der Waals surface area contributed by atoms with Gasteiger partial charge < -0.3 is 4.90 Å². The third kappa shape index (κ3) is 3.74. The summed E-state index contributed by atoms with van der Waals surface area (Å²) in [4.78, 5) is 14.1. The number of hydrogen-bond donors (Lipinski definition) is 0. The van der Waals surface area contributed by atoms with Crippen molar-refractivity contribution in [2.24, 2.45) is 0 Å². The molecule has 0 aromatic heterocycles. The number of amides is 1. The summed E-state index contributed by atoms with van der Waals surface area (Å²) in [7, 11) is 1.84. The lowest BCUT2D eigenvalue weighted by Crippen LogP contribution is -2.35. The van der Waals surface area contributed by atoms with E-state index in [9.17, 15) is 4.79 Å². The van der Waals surface area contributed by atoms with Gasteiger partial charge in [0, 0.05) is 13.6 Å². The second-order valence-electron chi connectivity index (χ2n) is 4.86. The maximum absolute atomic E-state index is 12.3. The first-order valence-corrected chi connectivity index (χ1v) is 7.61. The van der Waals surface area contributed by atoms with Gasteiger partial charge in [-0.2, -0.15) is 5.26 Å². The maximum atomic E-state index is 12.3. The third-order valence-electron chi connectivity index (χ3n) is 3.31. The Morgan fingerprint density at radius 2 is 2.37 bits per heavy atom. The van der Waals surface area contributed by atoms with Crippen molar-refractivity contribution in [3.63, 3.8) is 0 Å². The van der Waals surface area contributed by atoms with Crippen molar-refractivity contribution in [2.45, 2.75) is 31.1 Å². The average molecular weight is 274 g/mol. The Bertz CT molecular complexity index is 489. The highest BCUT2D eigenvalue weighted by molar-refractivity contribution is 8.00. The molecule has 1 atom stereocenters. The Kier molecular flexibility index (Phi) is 4.86. The van der Waals surface area contributed by atoms with Gasteiger partial charge in [-0.15, -0.1) is 11.8 Å². The van der Waals surface area contributed by atoms with Gasteiger partial charge in [0.1, 0.15) is 0 Å². The van der Waals surface area contributed by atoms with Crippen LogP contribution in [0, 0.1) is 11.3 Å². The summed E-state index contributed by atoms with van der Waals surface area (Å²) in [6, 6.07) is 9.57. The van der Waals surface area contributed by atoms with Crippen molar-refractivity contribution < 1.29 is 4.79 Å². The highest BCUT2D eigenvalue weighted by atomic mass is 32.2. The largest absolute Gasteiger partial charge is 0.340 e. The van der Waals surface area contributed by atoms with Gasteiger partial charge in [0.25, 0.3) is 0 Å². The molecular formula is C15H18N2OS. The Morgan fingerprint density at radius 1 is 1.53 bits per heavy atom. The Balaban J connectivity index is 1.97. The quantitative estimate of drug-likeness (QED) is 0.851. The van der Waals surface area contributed by atoms with Crippen LogP contribution in [0.4, 0.5) is 0 Å². The molecule has 1 aliphatic rings. The van der Waals surface area contributed by atoms with Crippen LogP contribution in [-0.2, 0) is 11.3 Å². The zero-order chi connectivity index (χ0) is 13.7. The molecule has 1 saturated heterocycles. The Morgan fingerprint density at radius 3 is 3.05 bits per heavy atom. The Labute approximate surface area is 118 Å². The van der Waals surface area contributed by atoms with Crippen LogP contribution in [-0.4, -0.2) is 28.9 Å². The van der Waals surface area contributed by atoms with E-state index in [1.807, 2.05) is 25.2 Å². The van der Waals surface area contributed by atoms with Gasteiger partial charge in [0.05, 0.1) is 16.9 Å². The molecule has 0 bridgehead atoms. The molecule has 1 aromatic carbocycles. The summed E-state index contributed by atoms with van der Waals surface area (Å²) in [5.74, 6) is 1.31. The smallest absolute Gasteiger partial charge is 0.235 e. The third-order valence-corrected chi connectivity index (χ3v) is 4.67. The summed E-state index contributed by atoms with van der Waals surface area (Å²) in [6.07, 6.45) is 3.37. The lowest BCUT2D eigenvalue weighted by molar-refractivity contribution is -0.130. The molecule has 0 radical (unpaired) electrons. The van der Waals surface area contributed by atoms with E-state index < -0.39 is 0 Å². The van der Waals surface area contributed by atoms with Gasteiger partial charge in [0.2, 0.25) is 5.91 Å². The lowest BCUT2D eigenvalue weighted by atomic mass is 10.1. The molecule has 2 rings (SSSR count). The minimum Gasteiger partial charge on any atom is -0.340 e. The fraction of sp³-hybridized carbons (Fsp3) is 0.467. The molecule has 0 aliphatic carbocycles. The molecule has 3 nitrogen and oxygen atoms in total. The second-order valence-corrected chi connectivity index (χ2v) is 6.17. The number of rotatable bonds is 3. The molecule has 0 N–H and O–H groups in total. The van der Waals surface area contributed by atoms with Gasteiger partial charge in [-0.05, 0) is 36.3 Å². The topological polar surface area (TPSA) is 44.1 Å². The van der Waals surface area contributed by atoms with E-state index >= 15 is 0 Å². The summed E-state index contributed by atoms with van der Waals surface area (Å²) >= 11 is 1.77. The lowest BCUT2D eigenvalue weighted by Gasteiger charge is -2.26. The number of thioether (sulfide) groups is 1. The van der Waals surface area contributed by atoms with Crippen molar-refractivity contribution >= 4 is 17.7 Å². The first-order chi connectivity index (χ1) is 9.20. The van der Waals surface area contributed by atoms with Crippen LogP contribution in [0.5, 0.6) is 0 Å². The van der Waals surface area contributed by atoms with Crippen molar-refractivity contribution in [2.75, 3.05) is 12.8 Å². The first kappa shape index (κ1) is 14.0. The van der Waals surface area contributed by atoms with Crippen molar-refractivity contribution in [3.05, 3.63) is 35.4 Å². The Hall–Kier alpha value is -1.47. The van der Waals surface area contributed by atoms with E-state index in [0.29, 0.717) is 12.1 Å². The molecule has 1 aliphatic heterocycles. The van der Waals surface area contributed by atoms with Crippen molar-refractivity contribution in [3.8, 4) is 6.07 Å². The van der Waals surface area contributed by atoms with Crippen LogP contribution in [0.15, 0.2) is 24.3 Å². The summed E-state index contributed by atoms with van der Waals surface area (Å²) in [6.45, 7) is 0.575. The van der Waals surface area contributed by atoms with E-state index in [4.69, 9.17) is 5.26 Å². The highest BCUT2D eigenvalue weighted by Crippen LogP contribution is 2.26. The molecule has 100 valence electrons. The van der Waals surface area contributed by atoms with Crippen LogP contribution in [0.2, 0.25) is 0 Å². The molecule has 19 heavy (non-hydrogen) atoms. The molecule has 1 heterocycles. The molecule has 1 unspecified atom stereocenters. The van der Waals surface area contributed by atoms with Gasteiger partial charge in [-0.25, -0.2) is 0 Å². The van der Waals surface area contributed by atoms with E-state index in [1.165, 1.54) is 6.42 Å². The number of benzene rings is 1. The zero-order valence-electron chi connectivity index (χ0n) is 11.1.